The Bertz CT molecular complexity index is 271. The minimum atomic E-state index is -0.301. The highest BCUT2D eigenvalue weighted by Crippen LogP contribution is 2.22. The van der Waals surface area contributed by atoms with Crippen LogP contribution in [0.15, 0.2) is 0 Å². The Labute approximate surface area is 109 Å². The molecule has 2 N–H and O–H groups in total. The number of nitrogens with zero attached hydrogens (tertiary/aromatic N) is 1. The molecule has 1 unspecified atom stereocenters. The van der Waals surface area contributed by atoms with Crippen LogP contribution in [0.1, 0.15) is 26.2 Å². The maximum Gasteiger partial charge on any atom is 0.240 e. The van der Waals surface area contributed by atoms with Gasteiger partial charge in [-0.25, -0.2) is 0 Å². The van der Waals surface area contributed by atoms with Crippen LogP contribution in [0.4, 0.5) is 0 Å². The smallest absolute Gasteiger partial charge is 0.240 e. The van der Waals surface area contributed by atoms with E-state index in [4.69, 9.17) is 4.74 Å². The van der Waals surface area contributed by atoms with Crippen LogP contribution in [0, 0.1) is 0 Å². The van der Waals surface area contributed by atoms with Gasteiger partial charge in [-0.1, -0.05) is 6.92 Å². The molecule has 5 heteroatoms. The Morgan fingerprint density at radius 1 is 1.44 bits per heavy atom. The van der Waals surface area contributed by atoms with E-state index in [0.29, 0.717) is 0 Å². The third-order valence-corrected chi connectivity index (χ3v) is 4.10. The average molecular weight is 255 g/mol. The van der Waals surface area contributed by atoms with E-state index in [9.17, 15) is 4.79 Å². The van der Waals surface area contributed by atoms with Crippen molar-refractivity contribution in [2.75, 3.05) is 45.9 Å². The van der Waals surface area contributed by atoms with Crippen LogP contribution in [-0.4, -0.2) is 62.3 Å². The van der Waals surface area contributed by atoms with Gasteiger partial charge < -0.3 is 15.4 Å². The fourth-order valence-electron chi connectivity index (χ4n) is 2.78. The van der Waals surface area contributed by atoms with Gasteiger partial charge >= 0.3 is 0 Å². The predicted octanol–water partition coefficient (Wildman–Crippen LogP) is -0.0330. The van der Waals surface area contributed by atoms with E-state index in [1.807, 2.05) is 0 Å². The van der Waals surface area contributed by atoms with E-state index in [-0.39, 0.29) is 11.4 Å². The van der Waals surface area contributed by atoms with E-state index < -0.39 is 0 Å². The average Bonchev–Trinajstić information content (AvgIpc) is 2.90. The number of hydrogen-bond acceptors (Lipinski definition) is 4. The molecule has 18 heavy (non-hydrogen) atoms. The first-order valence-corrected chi connectivity index (χ1v) is 7.10. The van der Waals surface area contributed by atoms with Gasteiger partial charge in [0.05, 0.1) is 18.8 Å². The molecule has 2 saturated heterocycles. The summed E-state index contributed by atoms with van der Waals surface area (Å²) in [5, 5.41) is 6.44. The molecule has 0 aromatic rings. The molecule has 104 valence electrons. The Morgan fingerprint density at radius 3 is 2.83 bits per heavy atom. The molecule has 1 amide bonds. The number of rotatable bonds is 5. The van der Waals surface area contributed by atoms with Crippen LogP contribution in [0.3, 0.4) is 0 Å². The van der Waals surface area contributed by atoms with Crippen molar-refractivity contribution in [2.45, 2.75) is 31.7 Å². The van der Waals surface area contributed by atoms with Gasteiger partial charge in [0.25, 0.3) is 0 Å². The Balaban J connectivity index is 1.70. The maximum absolute atomic E-state index is 12.2. The van der Waals surface area contributed by atoms with Gasteiger partial charge in [0, 0.05) is 26.2 Å². The van der Waals surface area contributed by atoms with Crippen molar-refractivity contribution in [1.82, 2.24) is 15.5 Å². The number of ether oxygens (including phenoxy) is 1. The Hall–Kier alpha value is -0.650. The molecular weight excluding hydrogens is 230 g/mol. The van der Waals surface area contributed by atoms with Crippen molar-refractivity contribution < 1.29 is 9.53 Å². The van der Waals surface area contributed by atoms with Crippen molar-refractivity contribution in [3.8, 4) is 0 Å². The van der Waals surface area contributed by atoms with E-state index in [1.54, 1.807) is 0 Å². The lowest BCUT2D eigenvalue weighted by Crippen LogP contribution is -2.54. The van der Waals surface area contributed by atoms with Gasteiger partial charge in [0.15, 0.2) is 0 Å². The van der Waals surface area contributed by atoms with E-state index in [2.05, 4.69) is 22.5 Å². The number of carbonyl (C=O) groups is 1. The van der Waals surface area contributed by atoms with Crippen molar-refractivity contribution in [2.24, 2.45) is 0 Å². The summed E-state index contributed by atoms with van der Waals surface area (Å²) in [6, 6.07) is 0. The number of carbonyl (C=O) groups excluding carboxylic acids is 1. The third-order valence-electron chi connectivity index (χ3n) is 4.10. The van der Waals surface area contributed by atoms with Gasteiger partial charge in [0.2, 0.25) is 5.91 Å². The van der Waals surface area contributed by atoms with E-state index in [1.165, 1.54) is 0 Å². The Morgan fingerprint density at radius 2 is 2.22 bits per heavy atom. The van der Waals surface area contributed by atoms with Crippen molar-refractivity contribution in [3.05, 3.63) is 0 Å². The molecule has 2 aliphatic rings. The zero-order chi connectivity index (χ0) is 12.8. The fraction of sp³-hybridized carbons (Fsp3) is 0.923. The minimum Gasteiger partial charge on any atom is -0.379 e. The molecule has 0 saturated carbocycles. The summed E-state index contributed by atoms with van der Waals surface area (Å²) in [6.45, 7) is 8.30. The summed E-state index contributed by atoms with van der Waals surface area (Å²) in [7, 11) is 0. The standard InChI is InChI=1S/C13H25N3O2/c1-2-13(4-3-5-15-13)12(17)14-6-7-16-8-10-18-11-9-16/h15H,2-11H2,1H3,(H,14,17). The second-order valence-corrected chi connectivity index (χ2v) is 5.18. The molecule has 5 nitrogen and oxygen atoms in total. The molecule has 1 atom stereocenters. The highest BCUT2D eigenvalue weighted by atomic mass is 16.5. The third kappa shape index (κ3) is 3.22. The summed E-state index contributed by atoms with van der Waals surface area (Å²) < 4.78 is 5.30. The lowest BCUT2D eigenvalue weighted by molar-refractivity contribution is -0.127. The van der Waals surface area contributed by atoms with Gasteiger partial charge in [-0.2, -0.15) is 0 Å². The summed E-state index contributed by atoms with van der Waals surface area (Å²) >= 11 is 0. The topological polar surface area (TPSA) is 53.6 Å². The van der Waals surface area contributed by atoms with Crippen LogP contribution in [0.2, 0.25) is 0 Å². The first kappa shape index (κ1) is 13.8. The zero-order valence-corrected chi connectivity index (χ0v) is 11.3. The van der Waals surface area contributed by atoms with E-state index >= 15 is 0 Å². The quantitative estimate of drug-likeness (QED) is 0.724. The zero-order valence-electron chi connectivity index (χ0n) is 11.3. The molecular formula is C13H25N3O2. The fourth-order valence-corrected chi connectivity index (χ4v) is 2.78. The molecule has 2 aliphatic heterocycles. The summed E-state index contributed by atoms with van der Waals surface area (Å²) in [6.07, 6.45) is 2.94. The number of amides is 1. The maximum atomic E-state index is 12.2. The molecule has 0 aromatic heterocycles. The molecule has 2 fully saturated rings. The number of nitrogens with one attached hydrogen (secondary N) is 2. The molecule has 2 rings (SSSR count). The van der Waals surface area contributed by atoms with Crippen molar-refractivity contribution in [3.63, 3.8) is 0 Å². The lowest BCUT2D eigenvalue weighted by atomic mass is 9.93. The first-order valence-electron chi connectivity index (χ1n) is 7.10. The first-order chi connectivity index (χ1) is 8.77. The minimum absolute atomic E-state index is 0.177. The monoisotopic (exact) mass is 255 g/mol. The molecule has 0 bridgehead atoms. The second-order valence-electron chi connectivity index (χ2n) is 5.18. The number of morpholine rings is 1. The van der Waals surface area contributed by atoms with Crippen LogP contribution < -0.4 is 10.6 Å². The van der Waals surface area contributed by atoms with Crippen LogP contribution in [0.25, 0.3) is 0 Å². The van der Waals surface area contributed by atoms with Gasteiger partial charge in [-0.15, -0.1) is 0 Å². The lowest BCUT2D eigenvalue weighted by Gasteiger charge is -2.29. The predicted molar refractivity (Wildman–Crippen MR) is 70.5 cm³/mol. The van der Waals surface area contributed by atoms with Crippen LogP contribution >= 0.6 is 0 Å². The summed E-state index contributed by atoms with van der Waals surface area (Å²) in [4.78, 5) is 14.6. The molecule has 0 aliphatic carbocycles. The van der Waals surface area contributed by atoms with Crippen LogP contribution in [-0.2, 0) is 9.53 Å². The van der Waals surface area contributed by atoms with Crippen molar-refractivity contribution in [1.29, 1.82) is 0 Å². The van der Waals surface area contributed by atoms with Gasteiger partial charge in [0.1, 0.15) is 0 Å². The molecule has 0 radical (unpaired) electrons. The second kappa shape index (κ2) is 6.50. The normalized spacial score (nSPS) is 29.4. The SMILES string of the molecule is CCC1(C(=O)NCCN2CCOCC2)CCCN1. The van der Waals surface area contributed by atoms with Gasteiger partial charge in [-0.3, -0.25) is 9.69 Å². The highest BCUT2D eigenvalue weighted by molar-refractivity contribution is 5.86. The molecule has 0 spiro atoms. The van der Waals surface area contributed by atoms with Crippen molar-refractivity contribution >= 4 is 5.91 Å². The highest BCUT2D eigenvalue weighted by Gasteiger charge is 2.38. The largest absolute Gasteiger partial charge is 0.379 e. The van der Waals surface area contributed by atoms with Gasteiger partial charge in [-0.05, 0) is 25.8 Å². The van der Waals surface area contributed by atoms with E-state index in [0.717, 1.165) is 65.2 Å². The molecule has 2 heterocycles. The van der Waals surface area contributed by atoms with Crippen LogP contribution in [0.5, 0.6) is 0 Å². The Kier molecular flexibility index (Phi) is 4.97. The summed E-state index contributed by atoms with van der Waals surface area (Å²) in [5.74, 6) is 0.177. The summed E-state index contributed by atoms with van der Waals surface area (Å²) in [5.41, 5.74) is -0.301. The number of hydrogen-bond donors (Lipinski definition) is 2. The molecule has 0 aromatic carbocycles.